The van der Waals surface area contributed by atoms with Crippen LogP contribution in [0.15, 0.2) is 85.0 Å². The lowest BCUT2D eigenvalue weighted by atomic mass is 10.1. The number of methoxy groups -OCH3 is 2. The molecule has 0 fully saturated rings. The number of carbonyl (C=O) groups is 2. The van der Waals surface area contributed by atoms with Crippen molar-refractivity contribution in [3.8, 4) is 23.0 Å². The largest absolute Gasteiger partial charge is 0.489 e. The molecule has 0 saturated carbocycles. The summed E-state index contributed by atoms with van der Waals surface area (Å²) in [4.78, 5) is 24.3. The fourth-order valence-electron chi connectivity index (χ4n) is 3.72. The number of hydrogen-bond acceptors (Lipinski definition) is 9. The fourth-order valence-corrected chi connectivity index (χ4v) is 3.72. The zero-order valence-electron chi connectivity index (χ0n) is 23.8. The molecule has 218 valence electrons. The van der Waals surface area contributed by atoms with E-state index in [-0.39, 0.29) is 37.6 Å². The van der Waals surface area contributed by atoms with Crippen molar-refractivity contribution in [3.63, 3.8) is 0 Å². The molecule has 3 aromatic rings. The van der Waals surface area contributed by atoms with Gasteiger partial charge in [-0.1, -0.05) is 55.6 Å². The highest BCUT2D eigenvalue weighted by Crippen LogP contribution is 2.43. The Balaban J connectivity index is 1.98. The van der Waals surface area contributed by atoms with E-state index < -0.39 is 24.1 Å². The standard InChI is InChI=1S/C32H36O9/c1-21(2)31(33)40-24(17-35-5)19-37-28-16-29(39-23-12-8-7-9-13-23)30(27-15-11-10-14-26(27)28)38-20-25(18-36-6)41-32(34)22(3)4/h7-16,24-25H,1,3,17-20H2,2,4-6H3. The van der Waals surface area contributed by atoms with Crippen LogP contribution in [0.2, 0.25) is 0 Å². The highest BCUT2D eigenvalue weighted by atomic mass is 16.6. The SMILES string of the molecule is C=C(C)C(=O)OC(COC)COc1cc(Oc2ccccc2)c(OCC(COC)OC(=O)C(=C)C)c2ccccc12. The minimum atomic E-state index is -0.693. The number of hydrogen-bond donors (Lipinski definition) is 0. The van der Waals surface area contributed by atoms with E-state index in [0.29, 0.717) is 28.4 Å². The Morgan fingerprint density at radius 2 is 1.20 bits per heavy atom. The van der Waals surface area contributed by atoms with E-state index in [1.165, 1.54) is 14.2 Å². The Morgan fingerprint density at radius 1 is 0.683 bits per heavy atom. The van der Waals surface area contributed by atoms with E-state index in [1.807, 2.05) is 54.6 Å². The van der Waals surface area contributed by atoms with E-state index in [0.717, 1.165) is 5.39 Å². The van der Waals surface area contributed by atoms with Crippen LogP contribution in [0.1, 0.15) is 13.8 Å². The van der Waals surface area contributed by atoms with Gasteiger partial charge in [-0.3, -0.25) is 0 Å². The summed E-state index contributed by atoms with van der Waals surface area (Å²) in [5, 5.41) is 1.42. The van der Waals surface area contributed by atoms with Gasteiger partial charge in [0.05, 0.1) is 13.2 Å². The van der Waals surface area contributed by atoms with E-state index in [4.69, 9.17) is 33.2 Å². The predicted molar refractivity (Wildman–Crippen MR) is 155 cm³/mol. The van der Waals surface area contributed by atoms with Gasteiger partial charge in [0.15, 0.2) is 23.7 Å². The van der Waals surface area contributed by atoms with Gasteiger partial charge < -0.3 is 33.2 Å². The zero-order chi connectivity index (χ0) is 29.8. The molecule has 0 radical (unpaired) electrons. The lowest BCUT2D eigenvalue weighted by Crippen LogP contribution is -2.30. The molecule has 0 saturated heterocycles. The summed E-state index contributed by atoms with van der Waals surface area (Å²) in [6.45, 7) is 10.7. The second-order valence-electron chi connectivity index (χ2n) is 9.31. The van der Waals surface area contributed by atoms with Gasteiger partial charge in [0.2, 0.25) is 0 Å². The summed E-state index contributed by atoms with van der Waals surface area (Å²) < 4.78 is 40.1. The lowest BCUT2D eigenvalue weighted by Gasteiger charge is -2.22. The number of rotatable bonds is 16. The summed E-state index contributed by atoms with van der Waals surface area (Å²) >= 11 is 0. The molecule has 0 bridgehead atoms. The van der Waals surface area contributed by atoms with Crippen molar-refractivity contribution in [2.45, 2.75) is 26.1 Å². The number of carbonyl (C=O) groups excluding carboxylic acids is 2. The first-order chi connectivity index (χ1) is 19.7. The van der Waals surface area contributed by atoms with Crippen LogP contribution in [0.3, 0.4) is 0 Å². The third-order valence-electron chi connectivity index (χ3n) is 5.68. The van der Waals surface area contributed by atoms with Crippen LogP contribution in [0.5, 0.6) is 23.0 Å². The summed E-state index contributed by atoms with van der Waals surface area (Å²) in [6, 6.07) is 18.4. The van der Waals surface area contributed by atoms with Gasteiger partial charge >= 0.3 is 11.9 Å². The Hall–Kier alpha value is -4.34. The molecule has 2 atom stereocenters. The summed E-state index contributed by atoms with van der Waals surface area (Å²) in [7, 11) is 3.02. The van der Waals surface area contributed by atoms with Crippen LogP contribution in [0.4, 0.5) is 0 Å². The van der Waals surface area contributed by atoms with Crippen LogP contribution in [-0.4, -0.2) is 64.8 Å². The number of benzene rings is 3. The molecule has 0 aliphatic rings. The van der Waals surface area contributed by atoms with Gasteiger partial charge in [0, 0.05) is 42.2 Å². The second-order valence-corrected chi connectivity index (χ2v) is 9.31. The summed E-state index contributed by atoms with van der Waals surface area (Å²) in [5.41, 5.74) is 0.546. The van der Waals surface area contributed by atoms with E-state index in [1.54, 1.807) is 19.9 Å². The average Bonchev–Trinajstić information content (AvgIpc) is 2.95. The highest BCUT2D eigenvalue weighted by molar-refractivity contribution is 5.96. The first-order valence-corrected chi connectivity index (χ1v) is 13.0. The molecule has 3 aromatic carbocycles. The molecule has 2 unspecified atom stereocenters. The zero-order valence-corrected chi connectivity index (χ0v) is 23.8. The van der Waals surface area contributed by atoms with Crippen molar-refractivity contribution in [1.29, 1.82) is 0 Å². The molecule has 9 heteroatoms. The Morgan fingerprint density at radius 3 is 1.73 bits per heavy atom. The molecule has 0 spiro atoms. The average molecular weight is 565 g/mol. The van der Waals surface area contributed by atoms with Crippen molar-refractivity contribution in [1.82, 2.24) is 0 Å². The van der Waals surface area contributed by atoms with Gasteiger partial charge in [-0.2, -0.15) is 0 Å². The smallest absolute Gasteiger partial charge is 0.333 e. The van der Waals surface area contributed by atoms with Crippen molar-refractivity contribution >= 4 is 22.7 Å². The Bertz CT molecular complexity index is 1350. The number of fused-ring (bicyclic) bond motifs is 1. The van der Waals surface area contributed by atoms with Crippen LogP contribution in [0, 0.1) is 0 Å². The van der Waals surface area contributed by atoms with Gasteiger partial charge in [0.1, 0.15) is 24.7 Å². The molecule has 9 nitrogen and oxygen atoms in total. The molecule has 0 aliphatic heterocycles. The summed E-state index contributed by atoms with van der Waals surface area (Å²) in [6.07, 6.45) is -1.36. The van der Waals surface area contributed by atoms with Gasteiger partial charge in [-0.15, -0.1) is 0 Å². The molecule has 0 heterocycles. The van der Waals surface area contributed by atoms with Crippen molar-refractivity contribution in [2.75, 3.05) is 40.6 Å². The van der Waals surface area contributed by atoms with E-state index >= 15 is 0 Å². The molecular formula is C32H36O9. The quantitative estimate of drug-likeness (QED) is 0.161. The van der Waals surface area contributed by atoms with Gasteiger partial charge in [-0.25, -0.2) is 9.59 Å². The third-order valence-corrected chi connectivity index (χ3v) is 5.68. The minimum absolute atomic E-state index is 0.00498. The lowest BCUT2D eigenvalue weighted by molar-refractivity contribution is -0.149. The monoisotopic (exact) mass is 564 g/mol. The number of para-hydroxylation sites is 1. The molecule has 0 aliphatic carbocycles. The van der Waals surface area contributed by atoms with Crippen LogP contribution >= 0.6 is 0 Å². The van der Waals surface area contributed by atoms with Crippen LogP contribution in [-0.2, 0) is 28.5 Å². The summed E-state index contributed by atoms with van der Waals surface area (Å²) in [5.74, 6) is 0.779. The van der Waals surface area contributed by atoms with Gasteiger partial charge in [-0.05, 0) is 26.0 Å². The van der Waals surface area contributed by atoms with Crippen molar-refractivity contribution in [3.05, 3.63) is 85.0 Å². The highest BCUT2D eigenvalue weighted by Gasteiger charge is 2.22. The fraction of sp³-hybridized carbons (Fsp3) is 0.312. The van der Waals surface area contributed by atoms with Gasteiger partial charge in [0.25, 0.3) is 0 Å². The first-order valence-electron chi connectivity index (χ1n) is 13.0. The maximum Gasteiger partial charge on any atom is 0.333 e. The third kappa shape index (κ3) is 9.09. The second kappa shape index (κ2) is 15.4. The Kier molecular flexibility index (Phi) is 11.8. The predicted octanol–water partition coefficient (Wildman–Crippen LogP) is 5.66. The van der Waals surface area contributed by atoms with Crippen LogP contribution < -0.4 is 14.2 Å². The number of ether oxygens (including phenoxy) is 7. The van der Waals surface area contributed by atoms with E-state index in [2.05, 4.69) is 13.2 Å². The minimum Gasteiger partial charge on any atom is -0.489 e. The molecule has 0 amide bonds. The maximum atomic E-state index is 12.2. The molecule has 41 heavy (non-hydrogen) atoms. The molecule has 0 N–H and O–H groups in total. The first kappa shape index (κ1) is 31.2. The van der Waals surface area contributed by atoms with E-state index in [9.17, 15) is 9.59 Å². The molecule has 3 rings (SSSR count). The maximum absolute atomic E-state index is 12.2. The van der Waals surface area contributed by atoms with Crippen molar-refractivity contribution in [2.24, 2.45) is 0 Å². The Labute approximate surface area is 240 Å². The normalized spacial score (nSPS) is 12.2. The molecule has 0 aromatic heterocycles. The molecular weight excluding hydrogens is 528 g/mol. The van der Waals surface area contributed by atoms with Crippen LogP contribution in [0.25, 0.3) is 10.8 Å². The number of esters is 2. The topological polar surface area (TPSA) is 98.8 Å². The van der Waals surface area contributed by atoms with Crippen molar-refractivity contribution < 1.29 is 42.7 Å².